The molecule has 1 aliphatic rings. The maximum atomic E-state index is 12.2. The highest BCUT2D eigenvalue weighted by Gasteiger charge is 2.35. The first-order chi connectivity index (χ1) is 13.7. The number of hydrogen-bond donors (Lipinski definition) is 0. The van der Waals surface area contributed by atoms with Crippen LogP contribution in [0.5, 0.6) is 5.88 Å². The van der Waals surface area contributed by atoms with Crippen molar-refractivity contribution in [2.75, 3.05) is 5.75 Å². The van der Waals surface area contributed by atoms with Crippen LogP contribution in [-0.2, 0) is 15.4 Å². The first-order valence-corrected chi connectivity index (χ1v) is 11.7. The third-order valence-electron chi connectivity index (χ3n) is 5.31. The summed E-state index contributed by atoms with van der Waals surface area (Å²) >= 11 is 6.05. The van der Waals surface area contributed by atoms with Crippen LogP contribution in [0.3, 0.4) is 0 Å². The van der Waals surface area contributed by atoms with Gasteiger partial charge in [0.05, 0.1) is 33.7 Å². The molecule has 156 valence electrons. The average Bonchev–Trinajstić information content (AvgIpc) is 3.52. The lowest BCUT2D eigenvalue weighted by Gasteiger charge is -2.24. The molecule has 0 radical (unpaired) electrons. The van der Waals surface area contributed by atoms with Gasteiger partial charge in [-0.25, -0.2) is 18.4 Å². The molecule has 0 aliphatic heterocycles. The van der Waals surface area contributed by atoms with E-state index in [2.05, 4.69) is 20.0 Å². The Bertz CT molecular complexity index is 1070. The van der Waals surface area contributed by atoms with Crippen LogP contribution < -0.4 is 4.74 Å². The van der Waals surface area contributed by atoms with E-state index in [-0.39, 0.29) is 17.1 Å². The first kappa shape index (κ1) is 21.6. The van der Waals surface area contributed by atoms with Crippen LogP contribution in [0.4, 0.5) is 0 Å². The second kappa shape index (κ2) is 8.34. The van der Waals surface area contributed by atoms with Crippen molar-refractivity contribution in [2.24, 2.45) is 5.11 Å². The van der Waals surface area contributed by atoms with Gasteiger partial charge < -0.3 is 4.74 Å². The third kappa shape index (κ3) is 4.91. The van der Waals surface area contributed by atoms with E-state index in [9.17, 15) is 8.42 Å². The third-order valence-corrected chi connectivity index (χ3v) is 7.81. The highest BCUT2D eigenvalue weighted by atomic mass is 35.5. The molecule has 0 spiro atoms. The van der Waals surface area contributed by atoms with Gasteiger partial charge in [0.2, 0.25) is 5.88 Å². The number of halogens is 1. The van der Waals surface area contributed by atoms with E-state index < -0.39 is 15.4 Å². The number of fused-ring (bicyclic) bond motifs is 1. The van der Waals surface area contributed by atoms with E-state index in [1.165, 1.54) is 0 Å². The average molecular weight is 438 g/mol. The van der Waals surface area contributed by atoms with Crippen molar-refractivity contribution in [1.29, 1.82) is 0 Å². The van der Waals surface area contributed by atoms with Crippen molar-refractivity contribution >= 4 is 32.2 Å². The smallest absolute Gasteiger partial charge is 0.223 e. The Labute approximate surface area is 175 Å². The van der Waals surface area contributed by atoms with Crippen LogP contribution in [0.25, 0.3) is 21.2 Å². The van der Waals surface area contributed by atoms with Crippen LogP contribution >= 0.6 is 11.6 Å². The molecule has 0 bridgehead atoms. The van der Waals surface area contributed by atoms with Gasteiger partial charge in [0.25, 0.3) is 0 Å². The van der Waals surface area contributed by atoms with Crippen molar-refractivity contribution in [2.45, 2.75) is 63.3 Å². The van der Waals surface area contributed by atoms with Gasteiger partial charge in [-0.15, -0.1) is 0 Å². The number of pyridine rings is 2. The molecular formula is C19H24ClN5O3S. The van der Waals surface area contributed by atoms with Crippen molar-refractivity contribution in [3.8, 4) is 5.88 Å². The van der Waals surface area contributed by atoms with Gasteiger partial charge in [-0.3, -0.25) is 0 Å². The number of azide groups is 1. The summed E-state index contributed by atoms with van der Waals surface area (Å²) in [6.07, 6.45) is 3.64. The second-order valence-corrected chi connectivity index (χ2v) is 10.4. The maximum absolute atomic E-state index is 12.2. The zero-order valence-corrected chi connectivity index (χ0v) is 18.2. The van der Waals surface area contributed by atoms with Crippen LogP contribution in [-0.4, -0.2) is 35.5 Å². The van der Waals surface area contributed by atoms with E-state index >= 15 is 0 Å². The summed E-state index contributed by atoms with van der Waals surface area (Å²) in [5, 5.41) is 5.49. The summed E-state index contributed by atoms with van der Waals surface area (Å²) in [6.45, 7) is 5.53. The fourth-order valence-electron chi connectivity index (χ4n) is 3.03. The highest BCUT2D eigenvalue weighted by Crippen LogP contribution is 2.35. The molecule has 0 aromatic carbocycles. The predicted octanol–water partition coefficient (Wildman–Crippen LogP) is 4.95. The molecule has 10 heteroatoms. The minimum atomic E-state index is -3.05. The van der Waals surface area contributed by atoms with Crippen molar-refractivity contribution in [1.82, 2.24) is 9.97 Å². The molecule has 2 atom stereocenters. The van der Waals surface area contributed by atoms with Gasteiger partial charge in [-0.1, -0.05) is 23.6 Å². The largest absolute Gasteiger partial charge is 0.474 e. The first-order valence-electron chi connectivity index (χ1n) is 9.60. The minimum absolute atomic E-state index is 0.0892. The van der Waals surface area contributed by atoms with Crippen LogP contribution in [0.15, 0.2) is 23.4 Å². The van der Waals surface area contributed by atoms with Crippen molar-refractivity contribution in [3.05, 3.63) is 39.6 Å². The Balaban J connectivity index is 1.93. The molecule has 0 N–H and O–H groups in total. The number of aromatic nitrogens is 2. The second-order valence-electron chi connectivity index (χ2n) is 7.64. The Morgan fingerprint density at radius 3 is 2.79 bits per heavy atom. The van der Waals surface area contributed by atoms with Crippen LogP contribution in [0, 0.1) is 0 Å². The highest BCUT2D eigenvalue weighted by molar-refractivity contribution is 7.92. The maximum Gasteiger partial charge on any atom is 0.223 e. The quantitative estimate of drug-likeness (QED) is 0.238. The fourth-order valence-corrected chi connectivity index (χ4v) is 5.05. The minimum Gasteiger partial charge on any atom is -0.474 e. The van der Waals surface area contributed by atoms with E-state index in [1.54, 1.807) is 19.2 Å². The Morgan fingerprint density at radius 1 is 1.45 bits per heavy atom. The molecule has 8 nitrogen and oxygen atoms in total. The Kier molecular flexibility index (Phi) is 6.22. The zero-order chi connectivity index (χ0) is 21.2. The standard InChI is InChI=1S/C19H24ClN5O3S/c1-4-19(3,24-25-21)16-9-13-10-17(20)22-11-15(13)18(23-16)28-12(2)7-8-29(26,27)14-5-6-14/h9-12,14H,4-8H2,1-3H3/t12?,19-/m1/s1. The van der Waals surface area contributed by atoms with Gasteiger partial charge in [0, 0.05) is 11.1 Å². The van der Waals surface area contributed by atoms with Crippen molar-refractivity contribution < 1.29 is 13.2 Å². The Morgan fingerprint density at radius 2 is 2.17 bits per heavy atom. The molecule has 1 aliphatic carbocycles. The lowest BCUT2D eigenvalue weighted by Crippen LogP contribution is -2.22. The van der Waals surface area contributed by atoms with Gasteiger partial charge in [0.1, 0.15) is 5.15 Å². The van der Waals surface area contributed by atoms with Crippen LogP contribution in [0.2, 0.25) is 5.15 Å². The summed E-state index contributed by atoms with van der Waals surface area (Å²) in [4.78, 5) is 11.7. The molecule has 0 saturated heterocycles. The monoisotopic (exact) mass is 437 g/mol. The van der Waals surface area contributed by atoms with Crippen molar-refractivity contribution in [3.63, 3.8) is 0 Å². The Hall–Kier alpha value is -2.09. The lowest BCUT2D eigenvalue weighted by molar-refractivity contribution is 0.210. The molecule has 29 heavy (non-hydrogen) atoms. The van der Waals surface area contributed by atoms with Gasteiger partial charge in [0.15, 0.2) is 9.84 Å². The van der Waals surface area contributed by atoms with Crippen LogP contribution in [0.1, 0.15) is 52.1 Å². The topological polar surface area (TPSA) is 118 Å². The summed E-state index contributed by atoms with van der Waals surface area (Å²) < 4.78 is 30.3. The molecule has 2 aromatic rings. The number of rotatable bonds is 9. The molecule has 2 aromatic heterocycles. The molecule has 1 unspecified atom stereocenters. The van der Waals surface area contributed by atoms with E-state index in [1.807, 2.05) is 19.9 Å². The molecular weight excluding hydrogens is 414 g/mol. The fraction of sp³-hybridized carbons (Fsp3) is 0.579. The van der Waals surface area contributed by atoms with Gasteiger partial charge in [-0.05, 0) is 62.6 Å². The van der Waals surface area contributed by atoms with Gasteiger partial charge in [-0.2, -0.15) is 0 Å². The SMILES string of the molecule is CC[C@@](C)(N=[N+]=[N-])c1cc2cc(Cl)ncc2c(OC(C)CCS(=O)(=O)C2CC2)n1. The molecule has 2 heterocycles. The number of hydrogen-bond acceptors (Lipinski definition) is 6. The molecule has 0 amide bonds. The summed E-state index contributed by atoms with van der Waals surface area (Å²) in [5.41, 5.74) is 8.68. The van der Waals surface area contributed by atoms with E-state index in [0.29, 0.717) is 35.0 Å². The summed E-state index contributed by atoms with van der Waals surface area (Å²) in [5.74, 6) is 0.414. The number of sulfone groups is 1. The number of nitrogens with zero attached hydrogens (tertiary/aromatic N) is 5. The normalized spacial score (nSPS) is 17.4. The molecule has 3 rings (SSSR count). The lowest BCUT2D eigenvalue weighted by atomic mass is 9.94. The van der Waals surface area contributed by atoms with E-state index in [0.717, 1.165) is 18.2 Å². The van der Waals surface area contributed by atoms with E-state index in [4.69, 9.17) is 21.9 Å². The molecule has 1 fully saturated rings. The zero-order valence-electron chi connectivity index (χ0n) is 16.7. The predicted molar refractivity (Wildman–Crippen MR) is 113 cm³/mol. The number of ether oxygens (including phenoxy) is 1. The van der Waals surface area contributed by atoms with Gasteiger partial charge >= 0.3 is 0 Å². The summed E-state index contributed by atoms with van der Waals surface area (Å²) in [7, 11) is -3.05. The summed E-state index contributed by atoms with van der Waals surface area (Å²) in [6, 6.07) is 3.51. The molecule has 1 saturated carbocycles.